The van der Waals surface area contributed by atoms with Crippen LogP contribution in [0.15, 0.2) is 22.7 Å². The predicted molar refractivity (Wildman–Crippen MR) is 103 cm³/mol. The molecule has 1 heterocycles. The maximum atomic E-state index is 12.1. The minimum absolute atomic E-state index is 0.211. The quantitative estimate of drug-likeness (QED) is 0.701. The summed E-state index contributed by atoms with van der Waals surface area (Å²) in [5, 5.41) is 4.21. The number of likely N-dealkylation sites (tertiary alicyclic amines) is 1. The Kier molecular flexibility index (Phi) is 6.43. The van der Waals surface area contributed by atoms with Crippen molar-refractivity contribution in [2.24, 2.45) is 5.92 Å². The van der Waals surface area contributed by atoms with E-state index in [9.17, 15) is 4.79 Å². The van der Waals surface area contributed by atoms with Crippen LogP contribution in [0.2, 0.25) is 5.02 Å². The van der Waals surface area contributed by atoms with Crippen LogP contribution in [0.3, 0.4) is 0 Å². The Morgan fingerprint density at radius 3 is 2.54 bits per heavy atom. The molecule has 1 aliphatic heterocycles. The van der Waals surface area contributed by atoms with E-state index in [1.165, 1.54) is 0 Å². The maximum Gasteiger partial charge on any atom is 0.410 e. The Balaban J connectivity index is 1.86. The molecule has 6 heteroatoms. The molecule has 1 unspecified atom stereocenters. The van der Waals surface area contributed by atoms with Gasteiger partial charge in [0.25, 0.3) is 0 Å². The number of anilines is 1. The third-order valence-electron chi connectivity index (χ3n) is 4.21. The van der Waals surface area contributed by atoms with Crippen LogP contribution in [0, 0.1) is 5.92 Å². The minimum Gasteiger partial charge on any atom is -0.444 e. The highest BCUT2D eigenvalue weighted by molar-refractivity contribution is 9.10. The number of amides is 1. The van der Waals surface area contributed by atoms with Crippen LogP contribution in [0.25, 0.3) is 0 Å². The number of nitrogens with zero attached hydrogens (tertiary/aromatic N) is 1. The summed E-state index contributed by atoms with van der Waals surface area (Å²) in [5.41, 5.74) is 0.503. The number of halogens is 2. The summed E-state index contributed by atoms with van der Waals surface area (Å²) in [4.78, 5) is 13.9. The van der Waals surface area contributed by atoms with Gasteiger partial charge in [-0.2, -0.15) is 0 Å². The number of hydrogen-bond acceptors (Lipinski definition) is 3. The van der Waals surface area contributed by atoms with Crippen LogP contribution in [-0.2, 0) is 4.74 Å². The van der Waals surface area contributed by atoms with Crippen molar-refractivity contribution in [2.75, 3.05) is 18.4 Å². The van der Waals surface area contributed by atoms with Crippen molar-refractivity contribution >= 4 is 39.3 Å². The van der Waals surface area contributed by atoms with E-state index in [4.69, 9.17) is 16.3 Å². The van der Waals surface area contributed by atoms with E-state index in [0.29, 0.717) is 17.0 Å². The van der Waals surface area contributed by atoms with Gasteiger partial charge in [0.15, 0.2) is 0 Å². The molecule has 0 radical (unpaired) electrons. The van der Waals surface area contributed by atoms with Crippen molar-refractivity contribution in [3.63, 3.8) is 0 Å². The lowest BCUT2D eigenvalue weighted by molar-refractivity contribution is 0.0179. The molecule has 0 aromatic heterocycles. The number of benzene rings is 1. The summed E-state index contributed by atoms with van der Waals surface area (Å²) >= 11 is 9.70. The SMILES string of the molecule is CC(Nc1ccc(Br)cc1Cl)C1CCN(C(=O)OC(C)(C)C)CC1. The molecule has 1 N–H and O–H groups in total. The van der Waals surface area contributed by atoms with Crippen LogP contribution >= 0.6 is 27.5 Å². The summed E-state index contributed by atoms with van der Waals surface area (Å²) in [6, 6.07) is 6.15. The fourth-order valence-electron chi connectivity index (χ4n) is 2.88. The van der Waals surface area contributed by atoms with Gasteiger partial charge in [0.1, 0.15) is 5.60 Å². The molecule has 0 saturated carbocycles. The van der Waals surface area contributed by atoms with Gasteiger partial charge in [-0.05, 0) is 64.7 Å². The van der Waals surface area contributed by atoms with Crippen molar-refractivity contribution in [3.8, 4) is 0 Å². The van der Waals surface area contributed by atoms with E-state index in [2.05, 4.69) is 28.2 Å². The van der Waals surface area contributed by atoms with Gasteiger partial charge in [-0.1, -0.05) is 27.5 Å². The summed E-state index contributed by atoms with van der Waals surface area (Å²) in [6.07, 6.45) is 1.71. The summed E-state index contributed by atoms with van der Waals surface area (Å²) < 4.78 is 6.41. The molecule has 1 fully saturated rings. The number of nitrogens with one attached hydrogen (secondary N) is 1. The molecule has 0 aliphatic carbocycles. The molecule has 1 aromatic carbocycles. The third kappa shape index (κ3) is 5.55. The van der Waals surface area contributed by atoms with E-state index < -0.39 is 5.60 Å². The van der Waals surface area contributed by atoms with Crippen LogP contribution in [0.5, 0.6) is 0 Å². The predicted octanol–water partition coefficient (Wildman–Crippen LogP) is 5.55. The molecule has 1 aromatic rings. The largest absolute Gasteiger partial charge is 0.444 e. The Morgan fingerprint density at radius 1 is 1.38 bits per heavy atom. The van der Waals surface area contributed by atoms with Crippen molar-refractivity contribution in [2.45, 2.75) is 52.2 Å². The standard InChI is InChI=1S/C18H26BrClN2O2/c1-12(21-16-6-5-14(19)11-15(16)20)13-7-9-22(10-8-13)17(23)24-18(2,3)4/h5-6,11-13,21H,7-10H2,1-4H3. The monoisotopic (exact) mass is 416 g/mol. The first-order chi connectivity index (χ1) is 11.2. The van der Waals surface area contributed by atoms with Crippen molar-refractivity contribution < 1.29 is 9.53 Å². The molecular formula is C18H26BrClN2O2. The topological polar surface area (TPSA) is 41.6 Å². The molecule has 4 nitrogen and oxygen atoms in total. The average molecular weight is 418 g/mol. The summed E-state index contributed by atoms with van der Waals surface area (Å²) in [6.45, 7) is 9.33. The first-order valence-electron chi connectivity index (χ1n) is 8.35. The molecule has 1 atom stereocenters. The zero-order valence-electron chi connectivity index (χ0n) is 14.7. The second kappa shape index (κ2) is 7.96. The van der Waals surface area contributed by atoms with Gasteiger partial charge in [-0.25, -0.2) is 4.79 Å². The molecule has 24 heavy (non-hydrogen) atoms. The Hall–Kier alpha value is -0.940. The number of piperidine rings is 1. The fraction of sp³-hybridized carbons (Fsp3) is 0.611. The first-order valence-corrected chi connectivity index (χ1v) is 9.52. The lowest BCUT2D eigenvalue weighted by Gasteiger charge is -2.36. The number of hydrogen-bond donors (Lipinski definition) is 1. The Labute approximate surface area is 158 Å². The highest BCUT2D eigenvalue weighted by Crippen LogP contribution is 2.29. The van der Waals surface area contributed by atoms with Crippen molar-refractivity contribution in [3.05, 3.63) is 27.7 Å². The normalized spacial score (nSPS) is 17.5. The molecular weight excluding hydrogens is 392 g/mol. The molecule has 2 rings (SSSR count). The van der Waals surface area contributed by atoms with Gasteiger partial charge < -0.3 is 15.0 Å². The highest BCUT2D eigenvalue weighted by atomic mass is 79.9. The fourth-order valence-corrected chi connectivity index (χ4v) is 3.61. The Bertz CT molecular complexity index is 581. The van der Waals surface area contributed by atoms with Gasteiger partial charge in [-0.15, -0.1) is 0 Å². The molecule has 1 amide bonds. The zero-order valence-corrected chi connectivity index (χ0v) is 17.1. The molecule has 0 spiro atoms. The number of ether oxygens (including phenoxy) is 1. The maximum absolute atomic E-state index is 12.1. The van der Waals surface area contributed by atoms with E-state index >= 15 is 0 Å². The van der Waals surface area contributed by atoms with Crippen LogP contribution in [0.4, 0.5) is 10.5 Å². The highest BCUT2D eigenvalue weighted by Gasteiger charge is 2.29. The Morgan fingerprint density at radius 2 is 2.00 bits per heavy atom. The second-order valence-corrected chi connectivity index (χ2v) is 8.68. The first kappa shape index (κ1) is 19.4. The van der Waals surface area contributed by atoms with Crippen LogP contribution in [0.1, 0.15) is 40.5 Å². The lowest BCUT2D eigenvalue weighted by Crippen LogP contribution is -2.44. The van der Waals surface area contributed by atoms with Crippen LogP contribution < -0.4 is 5.32 Å². The molecule has 134 valence electrons. The minimum atomic E-state index is -0.443. The van der Waals surface area contributed by atoms with E-state index in [-0.39, 0.29) is 6.09 Å². The van der Waals surface area contributed by atoms with Crippen LogP contribution in [-0.4, -0.2) is 35.7 Å². The molecule has 0 bridgehead atoms. The third-order valence-corrected chi connectivity index (χ3v) is 5.02. The second-order valence-electron chi connectivity index (χ2n) is 7.36. The van der Waals surface area contributed by atoms with E-state index in [1.54, 1.807) is 4.90 Å². The smallest absolute Gasteiger partial charge is 0.410 e. The van der Waals surface area contributed by atoms with Crippen molar-refractivity contribution in [1.29, 1.82) is 0 Å². The average Bonchev–Trinajstić information content (AvgIpc) is 2.48. The van der Waals surface area contributed by atoms with E-state index in [0.717, 1.165) is 36.1 Å². The molecule has 1 saturated heterocycles. The van der Waals surface area contributed by atoms with Gasteiger partial charge >= 0.3 is 6.09 Å². The number of carbonyl (C=O) groups is 1. The number of carbonyl (C=O) groups excluding carboxylic acids is 1. The number of rotatable bonds is 3. The van der Waals surface area contributed by atoms with Gasteiger partial charge in [0, 0.05) is 23.6 Å². The van der Waals surface area contributed by atoms with Gasteiger partial charge in [-0.3, -0.25) is 0 Å². The van der Waals surface area contributed by atoms with Gasteiger partial charge in [0.05, 0.1) is 10.7 Å². The molecule has 1 aliphatic rings. The zero-order chi connectivity index (χ0) is 17.9. The van der Waals surface area contributed by atoms with Gasteiger partial charge in [0.2, 0.25) is 0 Å². The lowest BCUT2D eigenvalue weighted by atomic mass is 9.90. The summed E-state index contributed by atoms with van der Waals surface area (Å²) in [5.74, 6) is 0.503. The summed E-state index contributed by atoms with van der Waals surface area (Å²) in [7, 11) is 0. The van der Waals surface area contributed by atoms with Crippen molar-refractivity contribution in [1.82, 2.24) is 4.90 Å². The van der Waals surface area contributed by atoms with E-state index in [1.807, 2.05) is 39.0 Å².